The minimum absolute atomic E-state index is 0. The van der Waals surface area contributed by atoms with Crippen molar-refractivity contribution in [1.29, 1.82) is 0 Å². The van der Waals surface area contributed by atoms with Gasteiger partial charge in [0.25, 0.3) is 5.91 Å². The number of aryl methyl sites for hydroxylation is 1. The van der Waals surface area contributed by atoms with Crippen LogP contribution in [-0.4, -0.2) is 21.7 Å². The van der Waals surface area contributed by atoms with Crippen LogP contribution in [0.15, 0.2) is 60.0 Å². The average molecular weight is 515 g/mol. The van der Waals surface area contributed by atoms with Gasteiger partial charge >= 0.3 is 0 Å². The van der Waals surface area contributed by atoms with Crippen LogP contribution in [0, 0.1) is 6.92 Å². The summed E-state index contributed by atoms with van der Waals surface area (Å²) in [5.41, 5.74) is 3.63. The van der Waals surface area contributed by atoms with Crippen LogP contribution in [-0.2, 0) is 0 Å². The summed E-state index contributed by atoms with van der Waals surface area (Å²) in [5.74, 6) is -0.175. The zero-order chi connectivity index (χ0) is 21.1. The summed E-state index contributed by atoms with van der Waals surface area (Å²) in [6.07, 6.45) is 0. The second-order valence-electron chi connectivity index (χ2n) is 6.55. The molecule has 4 aromatic rings. The fraction of sp³-hybridized carbons (Fsp3) is 0.0909. The highest BCUT2D eigenvalue weighted by atomic mass is 79.9. The van der Waals surface area contributed by atoms with E-state index < -0.39 is 0 Å². The second-order valence-corrected chi connectivity index (χ2v) is 8.41. The van der Waals surface area contributed by atoms with Crippen LogP contribution < -0.4 is 10.6 Å². The predicted octanol–water partition coefficient (Wildman–Crippen LogP) is 6.35. The predicted molar refractivity (Wildman–Crippen MR) is 132 cm³/mol. The first-order chi connectivity index (χ1) is 14.5. The van der Waals surface area contributed by atoms with Crippen molar-refractivity contribution in [2.45, 2.75) is 13.8 Å². The Morgan fingerprint density at radius 1 is 0.935 bits per heavy atom. The third kappa shape index (κ3) is 5.43. The van der Waals surface area contributed by atoms with Gasteiger partial charge in [0.1, 0.15) is 0 Å². The Morgan fingerprint density at radius 2 is 1.68 bits per heavy atom. The first-order valence-electron chi connectivity index (χ1n) is 9.17. The van der Waals surface area contributed by atoms with Gasteiger partial charge in [-0.05, 0) is 38.1 Å². The lowest BCUT2D eigenvalue weighted by Gasteiger charge is -2.03. The minimum atomic E-state index is -0.193. The van der Waals surface area contributed by atoms with E-state index in [1.165, 1.54) is 22.7 Å². The monoisotopic (exact) mass is 514 g/mol. The molecule has 4 rings (SSSR count). The lowest BCUT2D eigenvalue weighted by atomic mass is 10.1. The Labute approximate surface area is 198 Å². The molecule has 6 nitrogen and oxygen atoms in total. The minimum Gasteiger partial charge on any atom is -0.332 e. The van der Waals surface area contributed by atoms with Crippen LogP contribution in [0.1, 0.15) is 33.3 Å². The number of nitrogens with one attached hydrogen (secondary N) is 2. The molecule has 31 heavy (non-hydrogen) atoms. The molecule has 0 aliphatic rings. The van der Waals surface area contributed by atoms with E-state index >= 15 is 0 Å². The fourth-order valence-corrected chi connectivity index (χ4v) is 4.54. The maximum atomic E-state index is 12.4. The number of hydrogen-bond acceptors (Lipinski definition) is 7. The summed E-state index contributed by atoms with van der Waals surface area (Å²) >= 11 is 2.86. The maximum absolute atomic E-state index is 12.4. The van der Waals surface area contributed by atoms with E-state index in [1.54, 1.807) is 31.2 Å². The molecule has 1 amide bonds. The van der Waals surface area contributed by atoms with E-state index in [1.807, 2.05) is 42.6 Å². The first-order valence-corrected chi connectivity index (χ1v) is 10.9. The number of anilines is 3. The SMILES string of the molecule is Br.CC(=O)c1cccc(Nc2nc(-c3sc(NC(=O)c4ccccc4)nc3C)cs2)c1. The van der Waals surface area contributed by atoms with Gasteiger partial charge in [0.15, 0.2) is 16.0 Å². The molecule has 0 unspecified atom stereocenters. The van der Waals surface area contributed by atoms with Crippen LogP contribution in [0.5, 0.6) is 0 Å². The molecule has 0 aliphatic carbocycles. The molecule has 2 aromatic heterocycles. The number of ketones is 1. The summed E-state index contributed by atoms with van der Waals surface area (Å²) < 4.78 is 0. The molecular weight excluding hydrogens is 496 g/mol. The summed E-state index contributed by atoms with van der Waals surface area (Å²) in [5, 5.41) is 9.28. The molecule has 0 saturated heterocycles. The molecule has 0 spiro atoms. The van der Waals surface area contributed by atoms with E-state index in [-0.39, 0.29) is 28.7 Å². The molecule has 0 aliphatic heterocycles. The fourth-order valence-electron chi connectivity index (χ4n) is 2.82. The number of nitrogens with zero attached hydrogens (tertiary/aromatic N) is 2. The Bertz CT molecular complexity index is 1220. The van der Waals surface area contributed by atoms with Crippen molar-refractivity contribution in [3.05, 3.63) is 76.8 Å². The Balaban J connectivity index is 0.00000272. The quantitative estimate of drug-likeness (QED) is 0.292. The summed E-state index contributed by atoms with van der Waals surface area (Å²) in [7, 11) is 0. The van der Waals surface area contributed by atoms with Gasteiger partial charge in [0.05, 0.1) is 16.3 Å². The molecule has 0 atom stereocenters. The van der Waals surface area contributed by atoms with Crippen molar-refractivity contribution in [2.24, 2.45) is 0 Å². The molecule has 0 radical (unpaired) electrons. The maximum Gasteiger partial charge on any atom is 0.257 e. The number of rotatable bonds is 6. The van der Waals surface area contributed by atoms with E-state index in [0.717, 1.165) is 22.0 Å². The lowest BCUT2D eigenvalue weighted by molar-refractivity contribution is 0.101. The summed E-state index contributed by atoms with van der Waals surface area (Å²) in [4.78, 5) is 33.9. The number of hydrogen-bond donors (Lipinski definition) is 2. The van der Waals surface area contributed by atoms with Crippen molar-refractivity contribution in [3.63, 3.8) is 0 Å². The van der Waals surface area contributed by atoms with E-state index in [2.05, 4.69) is 20.6 Å². The summed E-state index contributed by atoms with van der Waals surface area (Å²) in [6.45, 7) is 3.44. The standard InChI is InChI=1S/C22H18N4O2S2.BrH/c1-13-19(30-22(23-13)26-20(28)15-7-4-3-5-8-15)18-12-29-21(25-18)24-17-10-6-9-16(11-17)14(2)27;/h3-12H,1-2H3,(H,24,25)(H,23,26,28);1H. The number of thiazole rings is 2. The van der Waals surface area contributed by atoms with Crippen LogP contribution in [0.25, 0.3) is 10.6 Å². The Kier molecular flexibility index (Phi) is 7.32. The van der Waals surface area contributed by atoms with E-state index in [4.69, 9.17) is 0 Å². The molecule has 158 valence electrons. The van der Waals surface area contributed by atoms with Crippen molar-refractivity contribution in [3.8, 4) is 10.6 Å². The van der Waals surface area contributed by atoms with Gasteiger partial charge in [-0.3, -0.25) is 14.9 Å². The van der Waals surface area contributed by atoms with E-state index in [9.17, 15) is 9.59 Å². The van der Waals surface area contributed by atoms with Crippen LogP contribution in [0.4, 0.5) is 16.0 Å². The number of carbonyl (C=O) groups excluding carboxylic acids is 2. The van der Waals surface area contributed by atoms with Crippen LogP contribution in [0.2, 0.25) is 0 Å². The van der Waals surface area contributed by atoms with Gasteiger partial charge in [-0.1, -0.05) is 41.7 Å². The number of benzene rings is 2. The van der Waals surface area contributed by atoms with Crippen LogP contribution in [0.3, 0.4) is 0 Å². The first kappa shape index (κ1) is 22.8. The molecule has 9 heteroatoms. The van der Waals surface area contributed by atoms with Gasteiger partial charge in [0, 0.05) is 22.2 Å². The third-order valence-electron chi connectivity index (χ3n) is 4.31. The Morgan fingerprint density at radius 3 is 2.42 bits per heavy atom. The number of Topliss-reactive ketones (excluding diaryl/α,β-unsaturated/α-hetero) is 1. The average Bonchev–Trinajstić information content (AvgIpc) is 3.35. The van der Waals surface area contributed by atoms with Crippen molar-refractivity contribution in [1.82, 2.24) is 9.97 Å². The van der Waals surface area contributed by atoms with Gasteiger partial charge < -0.3 is 5.32 Å². The number of amides is 1. The molecule has 0 bridgehead atoms. The van der Waals surface area contributed by atoms with Gasteiger partial charge in [-0.2, -0.15) is 0 Å². The third-order valence-corrected chi connectivity index (χ3v) is 6.16. The van der Waals surface area contributed by atoms with Crippen molar-refractivity contribution < 1.29 is 9.59 Å². The van der Waals surface area contributed by atoms with Crippen LogP contribution >= 0.6 is 39.7 Å². The van der Waals surface area contributed by atoms with E-state index in [0.29, 0.717) is 21.4 Å². The second kappa shape index (κ2) is 9.95. The van der Waals surface area contributed by atoms with Crippen molar-refractivity contribution in [2.75, 3.05) is 10.6 Å². The van der Waals surface area contributed by atoms with Crippen molar-refractivity contribution >= 4 is 67.3 Å². The topological polar surface area (TPSA) is 84.0 Å². The zero-order valence-corrected chi connectivity index (χ0v) is 20.1. The zero-order valence-electron chi connectivity index (χ0n) is 16.7. The number of carbonyl (C=O) groups is 2. The van der Waals surface area contributed by atoms with Gasteiger partial charge in [0.2, 0.25) is 0 Å². The highest BCUT2D eigenvalue weighted by molar-refractivity contribution is 8.93. The highest BCUT2D eigenvalue weighted by Gasteiger charge is 2.15. The molecule has 2 N–H and O–H groups in total. The molecular formula is C22H19BrN4O2S2. The molecule has 2 aromatic carbocycles. The summed E-state index contributed by atoms with van der Waals surface area (Å²) in [6, 6.07) is 16.3. The van der Waals surface area contributed by atoms with Gasteiger partial charge in [-0.25, -0.2) is 9.97 Å². The molecule has 0 saturated carbocycles. The number of halogens is 1. The molecule has 0 fully saturated rings. The van der Waals surface area contributed by atoms with Gasteiger partial charge in [-0.15, -0.1) is 28.3 Å². The molecule has 2 heterocycles. The lowest BCUT2D eigenvalue weighted by Crippen LogP contribution is -2.11. The largest absolute Gasteiger partial charge is 0.332 e. The smallest absolute Gasteiger partial charge is 0.257 e. The Hall–Kier alpha value is -2.88. The highest BCUT2D eigenvalue weighted by Crippen LogP contribution is 2.35. The normalized spacial score (nSPS) is 10.3. The number of aromatic nitrogens is 2.